The summed E-state index contributed by atoms with van der Waals surface area (Å²) in [4.78, 5) is 25.6. The van der Waals surface area contributed by atoms with E-state index >= 15 is 0 Å². The van der Waals surface area contributed by atoms with E-state index in [4.69, 9.17) is 16.3 Å². The third-order valence-electron chi connectivity index (χ3n) is 5.43. The summed E-state index contributed by atoms with van der Waals surface area (Å²) in [5.41, 5.74) is 1.07. The lowest BCUT2D eigenvalue weighted by molar-refractivity contribution is 0.0292. The largest absolute Gasteiger partial charge is 0.459 e. The number of hydrogen-bond donors (Lipinski definition) is 1. The number of carbonyl (C=O) groups excluding carboxylic acids is 2. The molecule has 1 saturated carbocycles. The molecule has 2 rings (SSSR count). The maximum absolute atomic E-state index is 12.5. The van der Waals surface area contributed by atoms with Crippen molar-refractivity contribution in [3.8, 4) is 0 Å². The van der Waals surface area contributed by atoms with Crippen molar-refractivity contribution in [3.05, 3.63) is 28.8 Å². The summed E-state index contributed by atoms with van der Waals surface area (Å²) in [6.45, 7) is 8.82. The van der Waals surface area contributed by atoms with Crippen LogP contribution in [-0.4, -0.2) is 37.1 Å². The van der Waals surface area contributed by atoms with Crippen molar-refractivity contribution >= 4 is 29.3 Å². The highest BCUT2D eigenvalue weighted by Crippen LogP contribution is 2.52. The van der Waals surface area contributed by atoms with Gasteiger partial charge in [0.25, 0.3) is 0 Å². The second-order valence-corrected chi connectivity index (χ2v) is 8.63. The van der Waals surface area contributed by atoms with Gasteiger partial charge in [0, 0.05) is 19.8 Å². The van der Waals surface area contributed by atoms with E-state index in [1.54, 1.807) is 32.3 Å². The normalized spacial score (nSPS) is 18.7. The molecular formula is C19H27ClN2O3. The molecule has 5 nitrogen and oxygen atoms in total. The van der Waals surface area contributed by atoms with Gasteiger partial charge in [0.15, 0.2) is 0 Å². The number of benzene rings is 1. The second kappa shape index (κ2) is 6.87. The molecule has 0 saturated heterocycles. The van der Waals surface area contributed by atoms with E-state index in [1.807, 2.05) is 0 Å². The Morgan fingerprint density at radius 1 is 1.16 bits per heavy atom. The molecule has 1 aliphatic rings. The van der Waals surface area contributed by atoms with Gasteiger partial charge in [0.1, 0.15) is 6.10 Å². The maximum atomic E-state index is 12.5. The third-order valence-corrected chi connectivity index (χ3v) is 5.74. The first-order valence-electron chi connectivity index (χ1n) is 8.42. The minimum Gasteiger partial charge on any atom is -0.459 e. The molecule has 0 aliphatic heterocycles. The van der Waals surface area contributed by atoms with Crippen LogP contribution in [0.2, 0.25) is 5.02 Å². The van der Waals surface area contributed by atoms with Crippen LogP contribution in [0.4, 0.5) is 10.5 Å². The van der Waals surface area contributed by atoms with Gasteiger partial charge in [-0.2, -0.15) is 0 Å². The molecule has 0 aromatic heterocycles. The zero-order chi connectivity index (χ0) is 19.0. The number of rotatable bonds is 3. The van der Waals surface area contributed by atoms with Crippen LogP contribution in [0, 0.1) is 10.8 Å². The van der Waals surface area contributed by atoms with Crippen molar-refractivity contribution in [1.29, 1.82) is 0 Å². The number of nitrogens with zero attached hydrogens (tertiary/aromatic N) is 1. The molecule has 0 heterocycles. The monoisotopic (exact) mass is 366 g/mol. The number of nitrogens with one attached hydrogen (secondary N) is 1. The Hall–Kier alpha value is -1.75. The van der Waals surface area contributed by atoms with Crippen LogP contribution in [0.15, 0.2) is 18.2 Å². The molecule has 138 valence electrons. The number of amides is 2. The lowest BCUT2D eigenvalue weighted by Gasteiger charge is -2.33. The first-order chi connectivity index (χ1) is 11.4. The third kappa shape index (κ3) is 4.27. The molecule has 1 aromatic rings. The predicted octanol–water partition coefficient (Wildman–Crippen LogP) is 4.81. The Kier molecular flexibility index (Phi) is 5.38. The number of esters is 1. The summed E-state index contributed by atoms with van der Waals surface area (Å²) in [6, 6.07) is 4.53. The van der Waals surface area contributed by atoms with Crippen LogP contribution in [0.25, 0.3) is 0 Å². The van der Waals surface area contributed by atoms with E-state index < -0.39 is 5.97 Å². The molecule has 1 fully saturated rings. The van der Waals surface area contributed by atoms with E-state index in [-0.39, 0.29) is 28.0 Å². The van der Waals surface area contributed by atoms with Crippen LogP contribution < -0.4 is 5.32 Å². The Morgan fingerprint density at radius 2 is 1.72 bits per heavy atom. The van der Waals surface area contributed by atoms with Crippen molar-refractivity contribution in [2.45, 2.75) is 46.6 Å². The van der Waals surface area contributed by atoms with E-state index in [9.17, 15) is 9.59 Å². The molecule has 1 N–H and O–H groups in total. The van der Waals surface area contributed by atoms with Gasteiger partial charge in [-0.05, 0) is 41.9 Å². The number of ether oxygens (including phenoxy) is 1. The van der Waals surface area contributed by atoms with Crippen LogP contribution in [0.5, 0.6) is 0 Å². The van der Waals surface area contributed by atoms with Crippen LogP contribution in [-0.2, 0) is 4.74 Å². The Morgan fingerprint density at radius 3 is 2.20 bits per heavy atom. The molecule has 0 spiro atoms. The molecule has 0 bridgehead atoms. The lowest BCUT2D eigenvalue weighted by Crippen LogP contribution is -2.27. The maximum Gasteiger partial charge on any atom is 0.339 e. The zero-order valence-electron chi connectivity index (χ0n) is 15.8. The molecule has 25 heavy (non-hydrogen) atoms. The molecule has 0 atom stereocenters. The summed E-state index contributed by atoms with van der Waals surface area (Å²) in [7, 11) is 3.29. The van der Waals surface area contributed by atoms with Gasteiger partial charge >= 0.3 is 12.0 Å². The Labute approximate surface area is 154 Å². The summed E-state index contributed by atoms with van der Waals surface area (Å²) < 4.78 is 5.69. The fourth-order valence-electron chi connectivity index (χ4n) is 3.05. The number of hydrogen-bond acceptors (Lipinski definition) is 3. The van der Waals surface area contributed by atoms with Gasteiger partial charge in [-0.1, -0.05) is 39.3 Å². The topological polar surface area (TPSA) is 58.6 Å². The van der Waals surface area contributed by atoms with Crippen molar-refractivity contribution in [1.82, 2.24) is 4.90 Å². The fraction of sp³-hybridized carbons (Fsp3) is 0.579. The average molecular weight is 367 g/mol. The van der Waals surface area contributed by atoms with Gasteiger partial charge in [-0.25, -0.2) is 9.59 Å². The minimum absolute atomic E-state index is 0.110. The van der Waals surface area contributed by atoms with Crippen molar-refractivity contribution in [2.75, 3.05) is 19.4 Å². The van der Waals surface area contributed by atoms with Crippen LogP contribution in [0.1, 0.15) is 50.9 Å². The van der Waals surface area contributed by atoms with E-state index in [1.165, 1.54) is 4.90 Å². The summed E-state index contributed by atoms with van der Waals surface area (Å²) >= 11 is 6.22. The first-order valence-corrected chi connectivity index (χ1v) is 8.79. The Balaban J connectivity index is 2.07. The van der Waals surface area contributed by atoms with Crippen LogP contribution >= 0.6 is 11.6 Å². The standard InChI is InChI=1S/C19H27ClN2O3/c1-18(2)10-13(11-19(18,3)4)25-16(23)14-8-7-12(9-15(14)20)21-17(24)22(5)6/h7-9,13H,10-11H2,1-6H3,(H,21,24). The molecule has 1 aromatic carbocycles. The molecule has 2 amide bonds. The zero-order valence-corrected chi connectivity index (χ0v) is 16.5. The summed E-state index contributed by atoms with van der Waals surface area (Å²) in [5, 5.41) is 2.96. The van der Waals surface area contributed by atoms with E-state index in [0.717, 1.165) is 12.8 Å². The van der Waals surface area contributed by atoms with Gasteiger partial charge in [0.05, 0.1) is 10.6 Å². The molecule has 0 unspecified atom stereocenters. The first kappa shape index (κ1) is 19.6. The van der Waals surface area contributed by atoms with Gasteiger partial charge in [0.2, 0.25) is 0 Å². The smallest absolute Gasteiger partial charge is 0.339 e. The fourth-order valence-corrected chi connectivity index (χ4v) is 3.31. The predicted molar refractivity (Wildman–Crippen MR) is 100 cm³/mol. The Bertz CT molecular complexity index is 667. The highest BCUT2D eigenvalue weighted by atomic mass is 35.5. The minimum atomic E-state index is -0.422. The van der Waals surface area contributed by atoms with Gasteiger partial charge in [-0.3, -0.25) is 0 Å². The quantitative estimate of drug-likeness (QED) is 0.781. The SMILES string of the molecule is CN(C)C(=O)Nc1ccc(C(=O)OC2CC(C)(C)C(C)(C)C2)c(Cl)c1. The van der Waals surface area contributed by atoms with E-state index in [0.29, 0.717) is 11.3 Å². The molecule has 6 heteroatoms. The molecular weight excluding hydrogens is 340 g/mol. The summed E-state index contributed by atoms with van der Waals surface area (Å²) in [5.74, 6) is -0.422. The second-order valence-electron chi connectivity index (χ2n) is 8.22. The van der Waals surface area contributed by atoms with Crippen molar-refractivity contribution < 1.29 is 14.3 Å². The molecule has 0 radical (unpaired) electrons. The van der Waals surface area contributed by atoms with Gasteiger partial charge in [-0.15, -0.1) is 0 Å². The highest BCUT2D eigenvalue weighted by Gasteiger charge is 2.47. The van der Waals surface area contributed by atoms with Crippen LogP contribution in [0.3, 0.4) is 0 Å². The number of carbonyl (C=O) groups is 2. The lowest BCUT2D eigenvalue weighted by atomic mass is 9.71. The van der Waals surface area contributed by atoms with E-state index in [2.05, 4.69) is 33.0 Å². The average Bonchev–Trinajstić information content (AvgIpc) is 2.65. The number of urea groups is 1. The van der Waals surface area contributed by atoms with Crippen molar-refractivity contribution in [3.63, 3.8) is 0 Å². The molecule has 1 aliphatic carbocycles. The highest BCUT2D eigenvalue weighted by molar-refractivity contribution is 6.34. The van der Waals surface area contributed by atoms with Crippen molar-refractivity contribution in [2.24, 2.45) is 10.8 Å². The number of halogens is 1. The number of anilines is 1. The van der Waals surface area contributed by atoms with Gasteiger partial charge < -0.3 is 15.0 Å². The summed E-state index contributed by atoms with van der Waals surface area (Å²) in [6.07, 6.45) is 1.56.